The second kappa shape index (κ2) is 39.1. The Hall–Kier alpha value is -7.55. The van der Waals surface area contributed by atoms with Gasteiger partial charge in [-0.15, -0.1) is 0 Å². The van der Waals surface area contributed by atoms with Gasteiger partial charge in [-0.05, 0) is 23.6 Å². The molecule has 4 aliphatic rings. The fourth-order valence-electron chi connectivity index (χ4n) is 11.0. The first-order chi connectivity index (χ1) is 46.3. The summed E-state index contributed by atoms with van der Waals surface area (Å²) >= 11 is 1.34. The molecule has 2 aromatic rings. The lowest BCUT2D eigenvalue weighted by Crippen LogP contribution is -2.61. The molecule has 11 amide bonds. The van der Waals surface area contributed by atoms with E-state index in [1.807, 2.05) is 0 Å². The minimum atomic E-state index is -2.48. The van der Waals surface area contributed by atoms with Gasteiger partial charge in [0.05, 0.1) is 126 Å². The van der Waals surface area contributed by atoms with E-state index in [1.54, 1.807) is 27.0 Å². The number of aromatic hydroxyl groups is 1. The Bertz CT molecular complexity index is 3160. The highest BCUT2D eigenvalue weighted by Crippen LogP contribution is 2.36. The average Bonchev–Trinajstić information content (AvgIpc) is 1.68. The maximum atomic E-state index is 15.3. The molecule has 0 radical (unpaired) electrons. The van der Waals surface area contributed by atoms with Crippen LogP contribution in [0, 0.1) is 17.8 Å². The molecule has 2 fully saturated rings. The van der Waals surface area contributed by atoms with Crippen LogP contribution < -0.4 is 54.0 Å². The number of thioether (sulfide) groups is 1. The van der Waals surface area contributed by atoms with E-state index in [4.69, 9.17) is 35.2 Å². The van der Waals surface area contributed by atoms with Crippen molar-refractivity contribution in [2.75, 3.05) is 117 Å². The number of aliphatic hydroxyl groups excluding tert-OH is 3. The number of H-pyrrole nitrogens is 1. The number of benzene rings is 1. The first kappa shape index (κ1) is 78.4. The normalized spacial score (nSPS) is 24.8. The van der Waals surface area contributed by atoms with Gasteiger partial charge in [-0.2, -0.15) is 11.8 Å². The third kappa shape index (κ3) is 23.3. The number of hydrogen-bond donors (Lipinski definition) is 15. The van der Waals surface area contributed by atoms with Gasteiger partial charge in [-0.1, -0.05) is 34.1 Å². The Balaban J connectivity index is 1.15. The summed E-state index contributed by atoms with van der Waals surface area (Å²) in [7, 11) is -2.48. The monoisotopic (exact) mass is 1410 g/mol. The predicted molar refractivity (Wildman–Crippen MR) is 348 cm³/mol. The lowest BCUT2D eigenvalue weighted by atomic mass is 9.93. The van der Waals surface area contributed by atoms with E-state index in [1.165, 1.54) is 30.8 Å². The van der Waals surface area contributed by atoms with Crippen LogP contribution in [0.15, 0.2) is 29.1 Å². The van der Waals surface area contributed by atoms with Crippen LogP contribution in [-0.4, -0.2) is 270 Å². The van der Waals surface area contributed by atoms with Gasteiger partial charge in [0, 0.05) is 91.5 Å². The number of phenolic OH excluding ortho intramolecular Hbond substituents is 1. The molecule has 6 rings (SSSR count). The first-order valence-electron chi connectivity index (χ1n) is 32.2. The Kier molecular flexibility index (Phi) is 31.7. The number of ether oxygens (including phenoxy) is 5. The van der Waals surface area contributed by atoms with Crippen LogP contribution in [0.25, 0.3) is 10.9 Å². The van der Waals surface area contributed by atoms with Crippen molar-refractivity contribution in [3.8, 4) is 5.75 Å². The fourth-order valence-corrected chi connectivity index (χ4v) is 13.2. The van der Waals surface area contributed by atoms with Crippen molar-refractivity contribution >= 4 is 98.4 Å². The molecule has 2 bridgehead atoms. The molecule has 17 N–H and O–H groups in total. The number of nitrogens with zero attached hydrogens (tertiary/aromatic N) is 2. The Morgan fingerprint density at radius 2 is 1.44 bits per heavy atom. The number of aliphatic hydroxyl groups is 3. The SMILES string of the molecule is CC[C@H](C)[C@@H]1NC(=O)CCNC(=O)[C@@H]2Cc3c([nH]c4c(CSCCOCCOCCOCCOCCOCCN/C=C(\N)CN5C(=O)CC(C)C5=O)c(O)ccc34)S(=O)C[C@@H](NC(=O)CNC1=O)C(=O)N[C@@H](CC(N)=O)C(=O)N1C[C@H](O)C[C@H]1C(=O)N[C@@H]([C@@H](C)[C@@H](O)CO)C(=O)N2. The largest absolute Gasteiger partial charge is 0.508 e. The van der Waals surface area contributed by atoms with Crippen molar-refractivity contribution in [2.45, 2.75) is 125 Å². The van der Waals surface area contributed by atoms with Gasteiger partial charge in [-0.3, -0.25) is 61.8 Å². The molecule has 12 atom stereocenters. The van der Waals surface area contributed by atoms with E-state index in [-0.39, 0.29) is 95.6 Å². The molecule has 0 aliphatic carbocycles. The van der Waals surface area contributed by atoms with E-state index >= 15 is 4.21 Å². The van der Waals surface area contributed by atoms with Crippen LogP contribution in [0.5, 0.6) is 5.75 Å². The molecule has 0 spiro atoms. The number of primary amides is 1. The number of hydrogen-bond acceptors (Lipinski definition) is 24. The number of nitrogens with one attached hydrogen (secondary N) is 9. The molecule has 1 aromatic carbocycles. The highest BCUT2D eigenvalue weighted by atomic mass is 32.2. The van der Waals surface area contributed by atoms with Gasteiger partial charge in [0.15, 0.2) is 0 Å². The van der Waals surface area contributed by atoms with Gasteiger partial charge < -0.3 is 108 Å². The van der Waals surface area contributed by atoms with Crippen LogP contribution in [0.3, 0.4) is 0 Å². The Morgan fingerprint density at radius 3 is 2.07 bits per heavy atom. The molecule has 0 saturated carbocycles. The lowest BCUT2D eigenvalue weighted by molar-refractivity contribution is -0.144. The number of nitrogens with two attached hydrogens (primary N) is 2. The summed E-state index contributed by atoms with van der Waals surface area (Å²) in [6, 6.07) is -7.30. The number of imide groups is 1. The lowest BCUT2D eigenvalue weighted by Gasteiger charge is -2.32. The number of likely N-dealkylation sites (tertiary alicyclic amines) is 1. The molecule has 2 saturated heterocycles. The van der Waals surface area contributed by atoms with E-state index < -0.39 is 175 Å². The van der Waals surface area contributed by atoms with E-state index in [9.17, 15) is 73.2 Å². The predicted octanol–water partition coefficient (Wildman–Crippen LogP) is -5.43. The number of amides is 11. The first-order valence-corrected chi connectivity index (χ1v) is 34.6. The molecule has 540 valence electrons. The number of rotatable bonds is 30. The molecule has 4 aliphatic heterocycles. The molecule has 97 heavy (non-hydrogen) atoms. The highest BCUT2D eigenvalue weighted by Gasteiger charge is 2.45. The zero-order valence-corrected chi connectivity index (χ0v) is 56.5. The van der Waals surface area contributed by atoms with Crippen LogP contribution in [-0.2, 0) is 99.4 Å². The summed E-state index contributed by atoms with van der Waals surface area (Å²) in [4.78, 5) is 156. The van der Waals surface area contributed by atoms with Crippen molar-refractivity contribution in [3.05, 3.63) is 35.2 Å². The molecule has 1 aromatic heterocycles. The summed E-state index contributed by atoms with van der Waals surface area (Å²) in [5, 5.41) is 64.1. The van der Waals surface area contributed by atoms with Crippen LogP contribution in [0.2, 0.25) is 0 Å². The molecule has 5 heterocycles. The van der Waals surface area contributed by atoms with Gasteiger partial charge in [-0.25, -0.2) is 0 Å². The van der Waals surface area contributed by atoms with E-state index in [0.29, 0.717) is 70.7 Å². The topological polar surface area (TPSA) is 502 Å². The van der Waals surface area contributed by atoms with Gasteiger partial charge in [0.2, 0.25) is 65.0 Å². The second-order valence-corrected chi connectivity index (χ2v) is 26.5. The number of carbonyl (C=O) groups is 11. The molecular weight excluding hydrogens is 1310 g/mol. The summed E-state index contributed by atoms with van der Waals surface area (Å²) in [5.74, 6) is -12.3. The maximum Gasteiger partial charge on any atom is 0.246 e. The zero-order chi connectivity index (χ0) is 70.9. The molecule has 2 unspecified atom stereocenters. The Labute approximate surface area is 567 Å². The molecule has 36 heteroatoms. The van der Waals surface area contributed by atoms with Crippen molar-refractivity contribution in [2.24, 2.45) is 29.2 Å². The van der Waals surface area contributed by atoms with Gasteiger partial charge in [0.1, 0.15) is 47.0 Å². The summed E-state index contributed by atoms with van der Waals surface area (Å²) < 4.78 is 43.3. The van der Waals surface area contributed by atoms with Crippen molar-refractivity contribution < 1.29 is 101 Å². The highest BCUT2D eigenvalue weighted by molar-refractivity contribution is 7.98. The number of phenols is 1. The Morgan fingerprint density at radius 1 is 0.784 bits per heavy atom. The van der Waals surface area contributed by atoms with E-state index in [2.05, 4.69) is 47.5 Å². The molecule has 34 nitrogen and oxygen atoms in total. The fraction of sp³-hybridized carbons (Fsp3) is 0.656. The number of aromatic amines is 1. The van der Waals surface area contributed by atoms with Crippen LogP contribution in [0.1, 0.15) is 70.9 Å². The van der Waals surface area contributed by atoms with E-state index in [0.717, 1.165) is 9.80 Å². The zero-order valence-electron chi connectivity index (χ0n) is 54.9. The van der Waals surface area contributed by atoms with Gasteiger partial charge >= 0.3 is 0 Å². The van der Waals surface area contributed by atoms with Crippen molar-refractivity contribution in [1.82, 2.24) is 57.3 Å². The average molecular weight is 1410 g/mol. The standard InChI is InChI=1S/C61H93N13O21S2/c1-5-33(2)51-57(86)66-27-49(81)67-43-32-97(90)59-39(24-41(54(83)65-9-8-48(80)70-51)68-58(87)52(35(4)46(78)30-75)71-56(85)44-23-37(76)29-73(44)61(89)42(25-47(63)79)69-55(43)84)38-6-7-45(77)40(53(38)72-59)31-96-21-20-95-19-18-94-17-16-93-15-14-92-13-12-91-11-10-64-26-36(62)28-74-50(82)22-34(3)60(74)88/h6-7,26,33-35,37,41-44,46,51-52,64,72,75-78H,5,8-25,27-32,62H2,1-4H3,(H2,63,79)(H,65,83)(H,66,86)(H,67,81)(H,68,87)(H,69,84)(H,70,80)(H,71,85)/b36-26-/t33-,34?,35-,37+,41-,42-,43+,44-,46-,51-,52-,97?/m0/s1. The number of aromatic nitrogens is 1. The molecular formula is C61H93N13O21S2. The summed E-state index contributed by atoms with van der Waals surface area (Å²) in [5.41, 5.74) is 12.4. The summed E-state index contributed by atoms with van der Waals surface area (Å²) in [6.07, 6.45) is -3.23. The minimum absolute atomic E-state index is 0.0356. The second-order valence-electron chi connectivity index (χ2n) is 23.9. The van der Waals surface area contributed by atoms with Gasteiger partial charge in [0.25, 0.3) is 0 Å². The number of fused-ring (bicyclic) bond motifs is 5. The van der Waals surface area contributed by atoms with Crippen LogP contribution in [0.4, 0.5) is 0 Å². The number of carbonyl (C=O) groups excluding carboxylic acids is 11. The van der Waals surface area contributed by atoms with Crippen molar-refractivity contribution in [1.29, 1.82) is 0 Å². The minimum Gasteiger partial charge on any atom is -0.508 e. The maximum absolute atomic E-state index is 15.3. The smallest absolute Gasteiger partial charge is 0.246 e. The quantitative estimate of drug-likeness (QED) is 0.0256. The van der Waals surface area contributed by atoms with Crippen LogP contribution >= 0.6 is 11.8 Å². The third-order valence-corrected chi connectivity index (χ3v) is 19.0. The third-order valence-electron chi connectivity index (χ3n) is 16.6. The summed E-state index contributed by atoms with van der Waals surface area (Å²) in [6.45, 7) is 7.38. The van der Waals surface area contributed by atoms with Crippen molar-refractivity contribution in [3.63, 3.8) is 0 Å².